The lowest BCUT2D eigenvalue weighted by Gasteiger charge is -2.13. The zero-order valence-electron chi connectivity index (χ0n) is 10.2. The van der Waals surface area contributed by atoms with Gasteiger partial charge in [-0.3, -0.25) is 0 Å². The van der Waals surface area contributed by atoms with Crippen molar-refractivity contribution in [2.24, 2.45) is 0 Å². The normalized spacial score (nSPS) is 11.4. The molecule has 0 fully saturated rings. The first-order valence-electron chi connectivity index (χ1n) is 5.65. The molecular formula is C13H12F3N3. The minimum atomic E-state index is -4.35. The number of anilines is 1. The molecule has 100 valence electrons. The van der Waals surface area contributed by atoms with Crippen molar-refractivity contribution in [2.75, 3.05) is 5.32 Å². The third-order valence-electron chi connectivity index (χ3n) is 2.57. The molecule has 1 aromatic carbocycles. The number of benzene rings is 1. The first-order chi connectivity index (χ1) is 8.97. The molecule has 2 rings (SSSR count). The van der Waals surface area contributed by atoms with E-state index >= 15 is 0 Å². The molecule has 1 aromatic heterocycles. The van der Waals surface area contributed by atoms with Crippen molar-refractivity contribution < 1.29 is 13.2 Å². The van der Waals surface area contributed by atoms with Gasteiger partial charge < -0.3 is 5.32 Å². The van der Waals surface area contributed by atoms with E-state index < -0.39 is 11.7 Å². The predicted octanol–water partition coefficient (Wildman–Crippen LogP) is 3.42. The number of nitrogens with zero attached hydrogens (tertiary/aromatic N) is 2. The molecule has 0 aliphatic heterocycles. The average Bonchev–Trinajstić information content (AvgIpc) is 2.36. The average molecular weight is 267 g/mol. The Morgan fingerprint density at radius 1 is 1.21 bits per heavy atom. The molecule has 1 N–H and O–H groups in total. The Hall–Kier alpha value is -2.11. The van der Waals surface area contributed by atoms with Crippen molar-refractivity contribution in [3.8, 4) is 0 Å². The fourth-order valence-electron chi connectivity index (χ4n) is 1.69. The number of hydrogen-bond donors (Lipinski definition) is 1. The Balaban J connectivity index is 2.16. The van der Waals surface area contributed by atoms with Crippen molar-refractivity contribution in [1.29, 1.82) is 0 Å². The van der Waals surface area contributed by atoms with Crippen LogP contribution in [0.25, 0.3) is 0 Å². The van der Waals surface area contributed by atoms with Gasteiger partial charge in [-0.15, -0.1) is 5.10 Å². The number of rotatable bonds is 3. The summed E-state index contributed by atoms with van der Waals surface area (Å²) in [4.78, 5) is 0. The summed E-state index contributed by atoms with van der Waals surface area (Å²) in [5.41, 5.74) is 0.433. The lowest BCUT2D eigenvalue weighted by Crippen LogP contribution is -2.12. The Morgan fingerprint density at radius 2 is 1.95 bits per heavy atom. The van der Waals surface area contributed by atoms with Crippen LogP contribution in [0.2, 0.25) is 0 Å². The molecule has 0 aliphatic rings. The first kappa shape index (κ1) is 13.3. The molecule has 0 saturated carbocycles. The van der Waals surface area contributed by atoms with Crippen LogP contribution < -0.4 is 5.32 Å². The molecule has 0 radical (unpaired) electrons. The highest BCUT2D eigenvalue weighted by Crippen LogP contribution is 2.32. The summed E-state index contributed by atoms with van der Waals surface area (Å²) in [6.07, 6.45) is -2.77. The maximum Gasteiger partial charge on any atom is 0.416 e. The maximum absolute atomic E-state index is 12.8. The van der Waals surface area contributed by atoms with Crippen molar-refractivity contribution in [3.05, 3.63) is 53.2 Å². The third kappa shape index (κ3) is 3.43. The van der Waals surface area contributed by atoms with Crippen LogP contribution in [-0.2, 0) is 12.7 Å². The fourth-order valence-corrected chi connectivity index (χ4v) is 1.69. The summed E-state index contributed by atoms with van der Waals surface area (Å²) < 4.78 is 38.3. The Labute approximate surface area is 108 Å². The number of alkyl halides is 3. The van der Waals surface area contributed by atoms with E-state index in [1.807, 2.05) is 6.92 Å². The second kappa shape index (κ2) is 5.26. The van der Waals surface area contributed by atoms with Crippen molar-refractivity contribution >= 4 is 5.82 Å². The quantitative estimate of drug-likeness (QED) is 0.926. The predicted molar refractivity (Wildman–Crippen MR) is 65.5 cm³/mol. The lowest BCUT2D eigenvalue weighted by molar-refractivity contribution is -0.138. The third-order valence-corrected chi connectivity index (χ3v) is 2.57. The van der Waals surface area contributed by atoms with Gasteiger partial charge in [0.25, 0.3) is 0 Å². The highest BCUT2D eigenvalue weighted by atomic mass is 19.4. The van der Waals surface area contributed by atoms with Gasteiger partial charge in [0, 0.05) is 6.54 Å². The van der Waals surface area contributed by atoms with Gasteiger partial charge in [0.05, 0.1) is 11.8 Å². The van der Waals surface area contributed by atoms with Crippen LogP contribution in [0.15, 0.2) is 36.5 Å². The number of hydrogen-bond acceptors (Lipinski definition) is 3. The van der Waals surface area contributed by atoms with Gasteiger partial charge in [-0.1, -0.05) is 18.2 Å². The van der Waals surface area contributed by atoms with E-state index in [0.29, 0.717) is 5.82 Å². The topological polar surface area (TPSA) is 37.8 Å². The highest BCUT2D eigenvalue weighted by Gasteiger charge is 2.32. The van der Waals surface area contributed by atoms with Crippen LogP contribution in [0, 0.1) is 6.92 Å². The standard InChI is InChI=1S/C13H12F3N3/c1-9-6-12(19-18-7-9)17-8-10-4-2-3-5-11(10)13(14,15)16/h2-7H,8H2,1H3,(H,17,19). The van der Waals surface area contributed by atoms with Crippen molar-refractivity contribution in [3.63, 3.8) is 0 Å². The van der Waals surface area contributed by atoms with Gasteiger partial charge in [0.2, 0.25) is 0 Å². The smallest absolute Gasteiger partial charge is 0.364 e. The molecule has 0 atom stereocenters. The van der Waals surface area contributed by atoms with Crippen molar-refractivity contribution in [2.45, 2.75) is 19.6 Å². The molecule has 0 bridgehead atoms. The summed E-state index contributed by atoms with van der Waals surface area (Å²) >= 11 is 0. The summed E-state index contributed by atoms with van der Waals surface area (Å²) in [6.45, 7) is 1.89. The van der Waals surface area contributed by atoms with Gasteiger partial charge in [-0.2, -0.15) is 18.3 Å². The van der Waals surface area contributed by atoms with Gasteiger partial charge >= 0.3 is 6.18 Å². The van der Waals surface area contributed by atoms with Gasteiger partial charge in [0.15, 0.2) is 0 Å². The van der Waals surface area contributed by atoms with E-state index in [0.717, 1.165) is 11.6 Å². The number of aromatic nitrogens is 2. The van der Waals surface area contributed by atoms with E-state index in [1.54, 1.807) is 18.3 Å². The minimum Gasteiger partial charge on any atom is -0.364 e. The van der Waals surface area contributed by atoms with E-state index in [1.165, 1.54) is 12.1 Å². The number of aryl methyl sites for hydroxylation is 1. The SMILES string of the molecule is Cc1cnnc(NCc2ccccc2C(F)(F)F)c1. The first-order valence-corrected chi connectivity index (χ1v) is 5.65. The summed E-state index contributed by atoms with van der Waals surface area (Å²) in [7, 11) is 0. The van der Waals surface area contributed by atoms with Crippen LogP contribution in [0.1, 0.15) is 16.7 Å². The maximum atomic E-state index is 12.8. The molecule has 0 amide bonds. The molecule has 3 nitrogen and oxygen atoms in total. The molecule has 0 aliphatic carbocycles. The van der Waals surface area contributed by atoms with Crippen LogP contribution in [0.4, 0.5) is 19.0 Å². The van der Waals surface area contributed by atoms with Crippen LogP contribution in [0.3, 0.4) is 0 Å². The van der Waals surface area contributed by atoms with Gasteiger partial charge in [-0.25, -0.2) is 0 Å². The molecule has 0 saturated heterocycles. The molecule has 1 heterocycles. The molecular weight excluding hydrogens is 255 g/mol. The number of nitrogens with one attached hydrogen (secondary N) is 1. The molecule has 0 spiro atoms. The molecule has 6 heteroatoms. The van der Waals surface area contributed by atoms with E-state index in [-0.39, 0.29) is 12.1 Å². The highest BCUT2D eigenvalue weighted by molar-refractivity contribution is 5.38. The van der Waals surface area contributed by atoms with Gasteiger partial charge in [0.1, 0.15) is 5.82 Å². The van der Waals surface area contributed by atoms with Crippen LogP contribution >= 0.6 is 0 Å². The Kier molecular flexibility index (Phi) is 3.69. The lowest BCUT2D eigenvalue weighted by atomic mass is 10.1. The van der Waals surface area contributed by atoms with Crippen molar-refractivity contribution in [1.82, 2.24) is 10.2 Å². The summed E-state index contributed by atoms with van der Waals surface area (Å²) in [6, 6.07) is 7.19. The minimum absolute atomic E-state index is 0.0494. The zero-order chi connectivity index (χ0) is 13.9. The Bertz CT molecular complexity index is 567. The fraction of sp³-hybridized carbons (Fsp3) is 0.231. The molecule has 19 heavy (non-hydrogen) atoms. The molecule has 2 aromatic rings. The summed E-state index contributed by atoms with van der Waals surface area (Å²) in [5.74, 6) is 0.456. The Morgan fingerprint density at radius 3 is 2.63 bits per heavy atom. The number of halogens is 3. The second-order valence-electron chi connectivity index (χ2n) is 4.13. The van der Waals surface area contributed by atoms with E-state index in [4.69, 9.17) is 0 Å². The van der Waals surface area contributed by atoms with Gasteiger partial charge in [-0.05, 0) is 30.2 Å². The largest absolute Gasteiger partial charge is 0.416 e. The second-order valence-corrected chi connectivity index (χ2v) is 4.13. The zero-order valence-corrected chi connectivity index (χ0v) is 10.2. The summed E-state index contributed by atoms with van der Waals surface area (Å²) in [5, 5.41) is 10.4. The van der Waals surface area contributed by atoms with E-state index in [9.17, 15) is 13.2 Å². The van der Waals surface area contributed by atoms with E-state index in [2.05, 4.69) is 15.5 Å². The van der Waals surface area contributed by atoms with Crippen LogP contribution in [0.5, 0.6) is 0 Å². The molecule has 0 unspecified atom stereocenters. The monoisotopic (exact) mass is 267 g/mol. The van der Waals surface area contributed by atoms with Crippen LogP contribution in [-0.4, -0.2) is 10.2 Å².